The average Bonchev–Trinajstić information content (AvgIpc) is 2.64. The number of hydrogen-bond acceptors (Lipinski definition) is 4. The average molecular weight is 436 g/mol. The van der Waals surface area contributed by atoms with Gasteiger partial charge in [0.2, 0.25) is 0 Å². The molecule has 2 fully saturated rings. The van der Waals surface area contributed by atoms with Crippen molar-refractivity contribution >= 4 is 33.6 Å². The molecule has 1 amide bonds. The van der Waals surface area contributed by atoms with E-state index in [0.717, 1.165) is 35.7 Å². The van der Waals surface area contributed by atoms with Gasteiger partial charge in [-0.2, -0.15) is 0 Å². The van der Waals surface area contributed by atoms with E-state index in [0.29, 0.717) is 18.6 Å². The van der Waals surface area contributed by atoms with Gasteiger partial charge in [0.05, 0.1) is 12.0 Å². The van der Waals surface area contributed by atoms with Crippen LogP contribution in [0.25, 0.3) is 0 Å². The fourth-order valence-corrected chi connectivity index (χ4v) is 4.54. The Bertz CT molecular complexity index is 687. The van der Waals surface area contributed by atoms with Crippen molar-refractivity contribution in [1.29, 1.82) is 0 Å². The summed E-state index contributed by atoms with van der Waals surface area (Å²) < 4.78 is 6.26. The van der Waals surface area contributed by atoms with Gasteiger partial charge in [-0.25, -0.2) is 0 Å². The summed E-state index contributed by atoms with van der Waals surface area (Å²) in [5, 5.41) is 2.92. The number of nitrogens with one attached hydrogen (secondary N) is 1. The van der Waals surface area contributed by atoms with E-state index in [1.165, 1.54) is 0 Å². The molecule has 5 nitrogen and oxygen atoms in total. The van der Waals surface area contributed by atoms with Gasteiger partial charge in [-0.05, 0) is 49.8 Å². The van der Waals surface area contributed by atoms with Crippen LogP contribution in [0.15, 0.2) is 28.7 Å². The van der Waals surface area contributed by atoms with Gasteiger partial charge in [0.15, 0.2) is 6.61 Å². The highest BCUT2D eigenvalue weighted by molar-refractivity contribution is 9.10. The van der Waals surface area contributed by atoms with Crippen molar-refractivity contribution in [3.05, 3.63) is 34.3 Å². The summed E-state index contributed by atoms with van der Waals surface area (Å²) >= 11 is 3.40. The highest BCUT2D eigenvalue weighted by Crippen LogP contribution is 2.40. The smallest absolute Gasteiger partial charge is 0.309 e. The van der Waals surface area contributed by atoms with Gasteiger partial charge in [-0.1, -0.05) is 41.4 Å². The maximum absolute atomic E-state index is 12.4. The number of fused-ring (bicyclic) bond motifs is 2. The molecule has 1 aromatic rings. The van der Waals surface area contributed by atoms with E-state index >= 15 is 0 Å². The first-order valence-corrected chi connectivity index (χ1v) is 10.5. The number of benzene rings is 1. The summed E-state index contributed by atoms with van der Waals surface area (Å²) in [5.41, 5.74) is 1.01. The number of ether oxygens (including phenoxy) is 1. The number of carbonyl (C=O) groups excluding carboxylic acids is 3. The minimum atomic E-state index is -0.341. The first-order valence-electron chi connectivity index (χ1n) is 9.73. The molecule has 2 aliphatic rings. The van der Waals surface area contributed by atoms with Crippen molar-refractivity contribution in [1.82, 2.24) is 5.32 Å². The zero-order valence-electron chi connectivity index (χ0n) is 15.6. The van der Waals surface area contributed by atoms with E-state index in [1.807, 2.05) is 31.2 Å². The Hall–Kier alpha value is -1.69. The lowest BCUT2D eigenvalue weighted by molar-refractivity contribution is -0.156. The summed E-state index contributed by atoms with van der Waals surface area (Å²) in [6.45, 7) is 1.72. The molecule has 146 valence electrons. The molecule has 27 heavy (non-hydrogen) atoms. The molecule has 3 atom stereocenters. The number of halogens is 1. The molecule has 0 radical (unpaired) electrons. The number of esters is 1. The molecule has 0 unspecified atom stereocenters. The summed E-state index contributed by atoms with van der Waals surface area (Å²) in [6, 6.07) is 7.68. The summed E-state index contributed by atoms with van der Waals surface area (Å²) in [4.78, 5) is 36.8. The second-order valence-corrected chi connectivity index (χ2v) is 8.50. The normalized spacial score (nSPS) is 25.6. The minimum Gasteiger partial charge on any atom is -0.455 e. The van der Waals surface area contributed by atoms with E-state index in [1.54, 1.807) is 0 Å². The predicted octanol–water partition coefficient (Wildman–Crippen LogP) is 3.96. The van der Waals surface area contributed by atoms with Crippen LogP contribution in [0.3, 0.4) is 0 Å². The molecule has 3 rings (SSSR count). The number of hydrogen-bond donors (Lipinski definition) is 1. The van der Waals surface area contributed by atoms with Gasteiger partial charge in [-0.3, -0.25) is 14.4 Å². The SMILES string of the molecule is CC[C@H](NC(=O)COC(=O)C1C[C@@H]2CCC[C@@H](C1)C2=O)c1ccc(Br)cc1. The van der Waals surface area contributed by atoms with Crippen molar-refractivity contribution in [3.63, 3.8) is 0 Å². The fourth-order valence-electron chi connectivity index (χ4n) is 4.28. The topological polar surface area (TPSA) is 72.5 Å². The third kappa shape index (κ3) is 4.98. The third-order valence-corrected chi connectivity index (χ3v) is 6.27. The van der Waals surface area contributed by atoms with Crippen LogP contribution in [0.5, 0.6) is 0 Å². The maximum atomic E-state index is 12.4. The third-order valence-electron chi connectivity index (χ3n) is 5.74. The lowest BCUT2D eigenvalue weighted by atomic mass is 9.67. The summed E-state index contributed by atoms with van der Waals surface area (Å²) in [5.74, 6) is -0.560. The van der Waals surface area contributed by atoms with Crippen molar-refractivity contribution < 1.29 is 19.1 Å². The Morgan fingerprint density at radius 1 is 1.19 bits per heavy atom. The van der Waals surface area contributed by atoms with E-state index in [9.17, 15) is 14.4 Å². The number of Topliss-reactive ketones (excluding diaryl/α,β-unsaturated/α-hetero) is 1. The van der Waals surface area contributed by atoms with Crippen molar-refractivity contribution in [3.8, 4) is 0 Å². The Kier molecular flexibility index (Phi) is 6.68. The van der Waals surface area contributed by atoms with E-state index < -0.39 is 0 Å². The van der Waals surface area contributed by atoms with Gasteiger partial charge in [0.1, 0.15) is 5.78 Å². The first-order chi connectivity index (χ1) is 13.0. The number of carbonyl (C=O) groups is 3. The second-order valence-electron chi connectivity index (χ2n) is 7.58. The molecule has 0 aromatic heterocycles. The molecular weight excluding hydrogens is 410 g/mol. The van der Waals surface area contributed by atoms with E-state index in [4.69, 9.17) is 4.74 Å². The van der Waals surface area contributed by atoms with Gasteiger partial charge in [0.25, 0.3) is 5.91 Å². The molecule has 2 bridgehead atoms. The largest absolute Gasteiger partial charge is 0.455 e. The number of ketones is 1. The molecule has 0 aliphatic heterocycles. The molecule has 0 saturated heterocycles. The van der Waals surface area contributed by atoms with Crippen molar-refractivity contribution in [2.24, 2.45) is 17.8 Å². The number of rotatable bonds is 6. The zero-order chi connectivity index (χ0) is 19.4. The molecule has 1 N–H and O–H groups in total. The lowest BCUT2D eigenvalue weighted by Gasteiger charge is -2.36. The van der Waals surface area contributed by atoms with E-state index in [-0.39, 0.29) is 42.3 Å². The molecule has 1 aromatic carbocycles. The predicted molar refractivity (Wildman–Crippen MR) is 105 cm³/mol. The van der Waals surface area contributed by atoms with Gasteiger partial charge in [-0.15, -0.1) is 0 Å². The molecule has 6 heteroatoms. The van der Waals surface area contributed by atoms with Crippen LogP contribution in [0.1, 0.15) is 57.1 Å². The highest BCUT2D eigenvalue weighted by atomic mass is 79.9. The van der Waals surface area contributed by atoms with Crippen molar-refractivity contribution in [2.75, 3.05) is 6.61 Å². The summed E-state index contributed by atoms with van der Waals surface area (Å²) in [7, 11) is 0. The minimum absolute atomic E-state index is 0.00533. The monoisotopic (exact) mass is 435 g/mol. The Morgan fingerprint density at radius 2 is 1.81 bits per heavy atom. The quantitative estimate of drug-likeness (QED) is 0.686. The Labute approximate surface area is 168 Å². The van der Waals surface area contributed by atoms with Crippen LogP contribution in [-0.4, -0.2) is 24.3 Å². The van der Waals surface area contributed by atoms with Crippen LogP contribution < -0.4 is 5.32 Å². The summed E-state index contributed by atoms with van der Waals surface area (Å²) in [6.07, 6.45) is 4.73. The van der Waals surface area contributed by atoms with Crippen LogP contribution in [0, 0.1) is 17.8 Å². The second kappa shape index (κ2) is 9.00. The van der Waals surface area contributed by atoms with Gasteiger partial charge < -0.3 is 10.1 Å². The molecular formula is C21H26BrNO4. The van der Waals surface area contributed by atoms with Gasteiger partial charge in [0, 0.05) is 16.3 Å². The molecule has 0 heterocycles. The fraction of sp³-hybridized carbons (Fsp3) is 0.571. The lowest BCUT2D eigenvalue weighted by Crippen LogP contribution is -2.40. The van der Waals surface area contributed by atoms with Crippen LogP contribution in [0.2, 0.25) is 0 Å². The Balaban J connectivity index is 1.49. The molecule has 2 aliphatic carbocycles. The Morgan fingerprint density at radius 3 is 2.41 bits per heavy atom. The zero-order valence-corrected chi connectivity index (χ0v) is 17.2. The van der Waals surface area contributed by atoms with Gasteiger partial charge >= 0.3 is 5.97 Å². The van der Waals surface area contributed by atoms with Crippen molar-refractivity contribution in [2.45, 2.75) is 51.5 Å². The first kappa shape index (κ1) is 20.1. The van der Waals surface area contributed by atoms with Crippen LogP contribution in [0.4, 0.5) is 0 Å². The van der Waals surface area contributed by atoms with E-state index in [2.05, 4.69) is 21.2 Å². The number of amides is 1. The van der Waals surface area contributed by atoms with Crippen LogP contribution in [-0.2, 0) is 19.1 Å². The highest BCUT2D eigenvalue weighted by Gasteiger charge is 2.41. The van der Waals surface area contributed by atoms with Crippen LogP contribution >= 0.6 is 15.9 Å². The standard InChI is InChI=1S/C21H26BrNO4/c1-2-18(13-6-8-17(22)9-7-13)23-19(24)12-27-21(26)16-10-14-4-3-5-15(11-16)20(14)25/h6-9,14-16,18H,2-5,10-12H2,1H3,(H,23,24)/t14-,15-,18-/m0/s1. The maximum Gasteiger partial charge on any atom is 0.309 e. The molecule has 2 saturated carbocycles. The molecule has 0 spiro atoms.